The molecule has 7 heteroatoms. The van der Waals surface area contributed by atoms with Crippen LogP contribution >= 0.6 is 12.4 Å². The zero-order valence-electron chi connectivity index (χ0n) is 11.1. The molecule has 1 aliphatic rings. The molecule has 0 aliphatic carbocycles. The summed E-state index contributed by atoms with van der Waals surface area (Å²) in [4.78, 5) is 11.5. The van der Waals surface area contributed by atoms with Gasteiger partial charge >= 0.3 is 0 Å². The third-order valence-corrected chi connectivity index (χ3v) is 3.13. The molecule has 0 radical (unpaired) electrons. The van der Waals surface area contributed by atoms with Crippen molar-refractivity contribution < 1.29 is 9.53 Å². The summed E-state index contributed by atoms with van der Waals surface area (Å²) in [5.41, 5.74) is 1.09. The number of ether oxygens (including phenoxy) is 1. The first-order valence-corrected chi connectivity index (χ1v) is 6.37. The Morgan fingerprint density at radius 3 is 2.95 bits per heavy atom. The van der Waals surface area contributed by atoms with E-state index in [0.29, 0.717) is 24.7 Å². The first-order chi connectivity index (χ1) is 8.79. The summed E-state index contributed by atoms with van der Waals surface area (Å²) in [6.45, 7) is 2.27. The summed E-state index contributed by atoms with van der Waals surface area (Å²) in [7, 11) is 1.82. The van der Waals surface area contributed by atoms with E-state index in [9.17, 15) is 4.79 Å². The van der Waals surface area contributed by atoms with Crippen molar-refractivity contribution in [3.8, 4) is 0 Å². The molecule has 0 unspecified atom stereocenters. The molecule has 2 rings (SSSR count). The molecule has 6 nitrogen and oxygen atoms in total. The fraction of sp³-hybridized carbons (Fsp3) is 0.667. The minimum absolute atomic E-state index is 0. The lowest BCUT2D eigenvalue weighted by Gasteiger charge is -2.20. The molecule has 1 aliphatic heterocycles. The van der Waals surface area contributed by atoms with Crippen LogP contribution < -0.4 is 10.6 Å². The normalized spacial score (nSPS) is 15.8. The van der Waals surface area contributed by atoms with E-state index in [0.717, 1.165) is 31.7 Å². The summed E-state index contributed by atoms with van der Waals surface area (Å²) in [6, 6.07) is 1.92. The zero-order valence-corrected chi connectivity index (χ0v) is 11.9. The lowest BCUT2D eigenvalue weighted by atomic mass is 9.97. The van der Waals surface area contributed by atoms with Crippen molar-refractivity contribution in [3.63, 3.8) is 0 Å². The SMILES string of the molecule is CNCCC(=O)Nc1cc(C2CCOCC2)[nH]n1.Cl. The first-order valence-electron chi connectivity index (χ1n) is 6.37. The van der Waals surface area contributed by atoms with Crippen LogP contribution in [0.3, 0.4) is 0 Å². The van der Waals surface area contributed by atoms with Gasteiger partial charge in [-0.25, -0.2) is 0 Å². The Bertz CT molecular complexity index is 391. The average molecular weight is 289 g/mol. The number of H-pyrrole nitrogens is 1. The number of anilines is 1. The summed E-state index contributed by atoms with van der Waals surface area (Å²) < 4.78 is 5.33. The predicted octanol–water partition coefficient (Wildman–Crippen LogP) is 1.27. The Balaban J connectivity index is 0.00000180. The molecule has 1 amide bonds. The minimum Gasteiger partial charge on any atom is -0.381 e. The molecule has 3 N–H and O–H groups in total. The summed E-state index contributed by atoms with van der Waals surface area (Å²) in [6.07, 6.45) is 2.47. The van der Waals surface area contributed by atoms with Crippen LogP contribution in [0.4, 0.5) is 5.82 Å². The van der Waals surface area contributed by atoms with Gasteiger partial charge in [-0.1, -0.05) is 0 Å². The predicted molar refractivity (Wildman–Crippen MR) is 75.8 cm³/mol. The van der Waals surface area contributed by atoms with E-state index in [1.807, 2.05) is 13.1 Å². The second kappa shape index (κ2) is 8.14. The number of hydrogen-bond acceptors (Lipinski definition) is 4. The van der Waals surface area contributed by atoms with E-state index in [1.165, 1.54) is 0 Å². The minimum atomic E-state index is -0.0191. The Labute approximate surface area is 119 Å². The Morgan fingerprint density at radius 2 is 2.26 bits per heavy atom. The number of aromatic nitrogens is 2. The van der Waals surface area contributed by atoms with Gasteiger partial charge in [-0.3, -0.25) is 9.89 Å². The Kier molecular flexibility index (Phi) is 6.83. The van der Waals surface area contributed by atoms with Gasteiger partial charge in [0.1, 0.15) is 0 Å². The van der Waals surface area contributed by atoms with Crippen LogP contribution in [0.1, 0.15) is 30.9 Å². The molecule has 0 bridgehead atoms. The van der Waals surface area contributed by atoms with Gasteiger partial charge in [0.2, 0.25) is 5.91 Å². The molecule has 0 aromatic carbocycles. The number of carbonyl (C=O) groups is 1. The topological polar surface area (TPSA) is 79.0 Å². The number of nitrogens with zero attached hydrogens (tertiary/aromatic N) is 1. The van der Waals surface area contributed by atoms with Gasteiger partial charge in [-0.2, -0.15) is 5.10 Å². The first kappa shape index (κ1) is 15.9. The van der Waals surface area contributed by atoms with Gasteiger partial charge in [-0.05, 0) is 19.9 Å². The van der Waals surface area contributed by atoms with E-state index in [1.54, 1.807) is 0 Å². The van der Waals surface area contributed by atoms with Gasteiger partial charge in [-0.15, -0.1) is 12.4 Å². The zero-order chi connectivity index (χ0) is 12.8. The number of nitrogens with one attached hydrogen (secondary N) is 3. The molecule has 0 saturated carbocycles. The van der Waals surface area contributed by atoms with Crippen molar-refractivity contribution in [2.45, 2.75) is 25.2 Å². The molecule has 19 heavy (non-hydrogen) atoms. The fourth-order valence-electron chi connectivity index (χ4n) is 2.06. The second-order valence-electron chi connectivity index (χ2n) is 4.50. The number of carbonyl (C=O) groups excluding carboxylic acids is 1. The molecule has 1 saturated heterocycles. The molecule has 1 fully saturated rings. The Morgan fingerprint density at radius 1 is 1.53 bits per heavy atom. The van der Waals surface area contributed by atoms with E-state index in [4.69, 9.17) is 4.74 Å². The quantitative estimate of drug-likeness (QED) is 0.762. The summed E-state index contributed by atoms with van der Waals surface area (Å²) >= 11 is 0. The number of amides is 1. The van der Waals surface area contributed by atoms with Crippen LogP contribution in [-0.2, 0) is 9.53 Å². The number of rotatable bonds is 5. The van der Waals surface area contributed by atoms with Crippen LogP contribution in [0.15, 0.2) is 6.07 Å². The maximum Gasteiger partial charge on any atom is 0.226 e. The van der Waals surface area contributed by atoms with Gasteiger partial charge < -0.3 is 15.4 Å². The van der Waals surface area contributed by atoms with Crippen LogP contribution in [0.2, 0.25) is 0 Å². The molecule has 2 heterocycles. The highest BCUT2D eigenvalue weighted by Crippen LogP contribution is 2.26. The lowest BCUT2D eigenvalue weighted by molar-refractivity contribution is -0.116. The van der Waals surface area contributed by atoms with Crippen molar-refractivity contribution in [2.24, 2.45) is 0 Å². The smallest absolute Gasteiger partial charge is 0.226 e. The van der Waals surface area contributed by atoms with E-state index in [-0.39, 0.29) is 18.3 Å². The van der Waals surface area contributed by atoms with Crippen molar-refractivity contribution in [1.82, 2.24) is 15.5 Å². The Hall–Kier alpha value is -1.11. The molecular weight excluding hydrogens is 268 g/mol. The largest absolute Gasteiger partial charge is 0.381 e. The van der Waals surface area contributed by atoms with E-state index >= 15 is 0 Å². The lowest BCUT2D eigenvalue weighted by Crippen LogP contribution is -2.18. The third-order valence-electron chi connectivity index (χ3n) is 3.13. The van der Waals surface area contributed by atoms with Crippen molar-refractivity contribution in [1.29, 1.82) is 0 Å². The molecule has 108 valence electrons. The van der Waals surface area contributed by atoms with Crippen molar-refractivity contribution >= 4 is 24.1 Å². The highest BCUT2D eigenvalue weighted by Gasteiger charge is 2.18. The van der Waals surface area contributed by atoms with Crippen LogP contribution in [0.5, 0.6) is 0 Å². The fourth-order valence-corrected chi connectivity index (χ4v) is 2.06. The van der Waals surface area contributed by atoms with E-state index < -0.39 is 0 Å². The number of aromatic amines is 1. The maximum atomic E-state index is 11.5. The molecular formula is C12H21ClN4O2. The van der Waals surface area contributed by atoms with Gasteiger partial charge in [0.05, 0.1) is 0 Å². The molecule has 1 aromatic rings. The highest BCUT2D eigenvalue weighted by atomic mass is 35.5. The van der Waals surface area contributed by atoms with Gasteiger partial charge in [0, 0.05) is 43.9 Å². The van der Waals surface area contributed by atoms with Crippen LogP contribution in [-0.4, -0.2) is 42.9 Å². The molecule has 0 spiro atoms. The van der Waals surface area contributed by atoms with Gasteiger partial charge in [0.25, 0.3) is 0 Å². The standard InChI is InChI=1S/C12H20N4O2.ClH/c1-13-5-2-12(17)14-11-8-10(15-16-11)9-3-6-18-7-4-9;/h8-9,13H,2-7H2,1H3,(H2,14,15,16,17);1H. The average Bonchev–Trinajstić information content (AvgIpc) is 2.86. The summed E-state index contributed by atoms with van der Waals surface area (Å²) in [5, 5.41) is 12.8. The molecule has 1 aromatic heterocycles. The number of hydrogen-bond donors (Lipinski definition) is 3. The van der Waals surface area contributed by atoms with E-state index in [2.05, 4.69) is 20.8 Å². The number of halogens is 1. The van der Waals surface area contributed by atoms with Crippen LogP contribution in [0.25, 0.3) is 0 Å². The van der Waals surface area contributed by atoms with Gasteiger partial charge in [0.15, 0.2) is 5.82 Å². The summed E-state index contributed by atoms with van der Waals surface area (Å²) in [5.74, 6) is 1.06. The molecule has 0 atom stereocenters. The third kappa shape index (κ3) is 4.81. The second-order valence-corrected chi connectivity index (χ2v) is 4.50. The van der Waals surface area contributed by atoms with Crippen molar-refractivity contribution in [2.75, 3.05) is 32.1 Å². The maximum absolute atomic E-state index is 11.5. The van der Waals surface area contributed by atoms with Crippen LogP contribution in [0, 0.1) is 0 Å². The van der Waals surface area contributed by atoms with Crippen molar-refractivity contribution in [3.05, 3.63) is 11.8 Å². The highest BCUT2D eigenvalue weighted by molar-refractivity contribution is 5.89. The monoisotopic (exact) mass is 288 g/mol.